The second-order valence-corrected chi connectivity index (χ2v) is 6.39. The molecule has 0 atom stereocenters. The molecule has 0 saturated carbocycles. The van der Waals surface area contributed by atoms with Crippen molar-refractivity contribution < 1.29 is 13.5 Å². The van der Waals surface area contributed by atoms with Crippen molar-refractivity contribution in [3.05, 3.63) is 59.7 Å². The highest BCUT2D eigenvalue weighted by molar-refractivity contribution is 7.89. The van der Waals surface area contributed by atoms with E-state index >= 15 is 0 Å². The lowest BCUT2D eigenvalue weighted by Gasteiger charge is -2.07. The van der Waals surface area contributed by atoms with Crippen LogP contribution in [0.2, 0.25) is 0 Å². The summed E-state index contributed by atoms with van der Waals surface area (Å²) in [5.74, 6) is 0.203. The summed E-state index contributed by atoms with van der Waals surface area (Å²) >= 11 is 0. The Bertz CT molecular complexity index is 661. The maximum atomic E-state index is 12.0. The minimum Gasteiger partial charge on any atom is -0.508 e. The Labute approximate surface area is 119 Å². The lowest BCUT2D eigenvalue weighted by molar-refractivity contribution is 0.475. The van der Waals surface area contributed by atoms with E-state index in [0.29, 0.717) is 13.0 Å². The SMILES string of the molecule is Cc1ccc(S(=O)(=O)NCCc2ccc(O)cc2)cc1. The van der Waals surface area contributed by atoms with Crippen molar-refractivity contribution in [1.29, 1.82) is 0 Å². The zero-order valence-corrected chi connectivity index (χ0v) is 12.0. The third kappa shape index (κ3) is 3.82. The number of hydrogen-bond donors (Lipinski definition) is 2. The standard InChI is InChI=1S/C15H17NO3S/c1-12-2-8-15(9-3-12)20(18,19)16-11-10-13-4-6-14(17)7-5-13/h2-9,16-17H,10-11H2,1H3. The summed E-state index contributed by atoms with van der Waals surface area (Å²) in [7, 11) is -3.45. The maximum Gasteiger partial charge on any atom is 0.240 e. The minimum absolute atomic E-state index is 0.203. The van der Waals surface area contributed by atoms with Crippen molar-refractivity contribution in [3.63, 3.8) is 0 Å². The first-order valence-corrected chi connectivity index (χ1v) is 7.80. The number of phenolic OH excluding ortho intramolecular Hbond substituents is 1. The van der Waals surface area contributed by atoms with Crippen LogP contribution in [0.1, 0.15) is 11.1 Å². The molecule has 20 heavy (non-hydrogen) atoms. The van der Waals surface area contributed by atoms with E-state index in [1.165, 1.54) is 0 Å². The first kappa shape index (κ1) is 14.6. The number of nitrogens with one attached hydrogen (secondary N) is 1. The Kier molecular flexibility index (Phi) is 4.42. The van der Waals surface area contributed by atoms with Gasteiger partial charge < -0.3 is 5.11 Å². The fourth-order valence-electron chi connectivity index (χ4n) is 1.79. The van der Waals surface area contributed by atoms with Crippen LogP contribution in [0, 0.1) is 6.92 Å². The molecule has 0 unspecified atom stereocenters. The van der Waals surface area contributed by atoms with Gasteiger partial charge in [0, 0.05) is 6.54 Å². The average molecular weight is 291 g/mol. The molecule has 0 amide bonds. The Morgan fingerprint density at radius 2 is 1.60 bits per heavy atom. The highest BCUT2D eigenvalue weighted by Gasteiger charge is 2.12. The number of benzene rings is 2. The van der Waals surface area contributed by atoms with Gasteiger partial charge in [-0.2, -0.15) is 0 Å². The predicted molar refractivity (Wildman–Crippen MR) is 78.2 cm³/mol. The molecule has 2 N–H and O–H groups in total. The van der Waals surface area contributed by atoms with Gasteiger partial charge in [0.2, 0.25) is 10.0 Å². The zero-order chi connectivity index (χ0) is 14.6. The third-order valence-corrected chi connectivity index (χ3v) is 4.45. The van der Waals surface area contributed by atoms with Gasteiger partial charge >= 0.3 is 0 Å². The third-order valence-electron chi connectivity index (χ3n) is 2.97. The molecule has 4 nitrogen and oxygen atoms in total. The van der Waals surface area contributed by atoms with Gasteiger partial charge in [-0.25, -0.2) is 13.1 Å². The lowest BCUT2D eigenvalue weighted by atomic mass is 10.1. The molecule has 2 rings (SSSR count). The molecule has 0 radical (unpaired) electrons. The van der Waals surface area contributed by atoms with Crippen LogP contribution in [0.3, 0.4) is 0 Å². The molecule has 0 aliphatic rings. The second kappa shape index (κ2) is 6.07. The van der Waals surface area contributed by atoms with Gasteiger partial charge in [-0.3, -0.25) is 0 Å². The van der Waals surface area contributed by atoms with Gasteiger partial charge in [-0.1, -0.05) is 29.8 Å². The van der Waals surface area contributed by atoms with Gasteiger partial charge in [-0.15, -0.1) is 0 Å². The quantitative estimate of drug-likeness (QED) is 0.887. The van der Waals surface area contributed by atoms with Gasteiger partial charge in [-0.05, 0) is 43.2 Å². The molecular weight excluding hydrogens is 274 g/mol. The summed E-state index contributed by atoms with van der Waals surface area (Å²) in [4.78, 5) is 0.272. The summed E-state index contributed by atoms with van der Waals surface area (Å²) in [6.45, 7) is 2.23. The number of aromatic hydroxyl groups is 1. The molecule has 0 bridgehead atoms. The molecule has 106 valence electrons. The van der Waals surface area contributed by atoms with E-state index in [1.807, 2.05) is 6.92 Å². The smallest absolute Gasteiger partial charge is 0.240 e. The molecule has 0 fully saturated rings. The van der Waals surface area contributed by atoms with Gasteiger partial charge in [0.15, 0.2) is 0 Å². The molecule has 0 aliphatic carbocycles. The molecule has 5 heteroatoms. The summed E-state index contributed by atoms with van der Waals surface area (Å²) in [6.07, 6.45) is 0.575. The van der Waals surface area contributed by atoms with E-state index in [0.717, 1.165) is 11.1 Å². The van der Waals surface area contributed by atoms with Crippen molar-refractivity contribution in [1.82, 2.24) is 4.72 Å². The zero-order valence-electron chi connectivity index (χ0n) is 11.2. The number of aryl methyl sites for hydroxylation is 1. The van der Waals surface area contributed by atoms with E-state index in [9.17, 15) is 13.5 Å². The van der Waals surface area contributed by atoms with Crippen LogP contribution >= 0.6 is 0 Å². The Balaban J connectivity index is 1.96. The van der Waals surface area contributed by atoms with Crippen molar-refractivity contribution >= 4 is 10.0 Å². The van der Waals surface area contributed by atoms with E-state index in [4.69, 9.17) is 0 Å². The molecule has 0 aromatic heterocycles. The van der Waals surface area contributed by atoms with Crippen LogP contribution in [0.25, 0.3) is 0 Å². The minimum atomic E-state index is -3.45. The van der Waals surface area contributed by atoms with Gasteiger partial charge in [0.1, 0.15) is 5.75 Å². The second-order valence-electron chi connectivity index (χ2n) is 4.63. The van der Waals surface area contributed by atoms with Crippen molar-refractivity contribution in [2.75, 3.05) is 6.54 Å². The van der Waals surface area contributed by atoms with E-state index in [2.05, 4.69) is 4.72 Å². The molecule has 0 spiro atoms. The number of hydrogen-bond acceptors (Lipinski definition) is 3. The largest absolute Gasteiger partial charge is 0.508 e. The Hall–Kier alpha value is -1.85. The highest BCUT2D eigenvalue weighted by Crippen LogP contribution is 2.11. The fraction of sp³-hybridized carbons (Fsp3) is 0.200. The van der Waals surface area contributed by atoms with Crippen LogP contribution < -0.4 is 4.72 Å². The van der Waals surface area contributed by atoms with Crippen LogP contribution in [0.4, 0.5) is 0 Å². The summed E-state index contributed by atoms with van der Waals surface area (Å²) < 4.78 is 26.6. The highest BCUT2D eigenvalue weighted by atomic mass is 32.2. The van der Waals surface area contributed by atoms with E-state index < -0.39 is 10.0 Å². The molecule has 2 aromatic rings. The van der Waals surface area contributed by atoms with Crippen molar-refractivity contribution in [2.24, 2.45) is 0 Å². The topological polar surface area (TPSA) is 66.4 Å². The molecule has 0 aliphatic heterocycles. The average Bonchev–Trinajstić information content (AvgIpc) is 2.41. The van der Waals surface area contributed by atoms with E-state index in [1.54, 1.807) is 48.5 Å². The normalized spacial score (nSPS) is 11.4. The first-order valence-electron chi connectivity index (χ1n) is 6.32. The monoisotopic (exact) mass is 291 g/mol. The van der Waals surface area contributed by atoms with E-state index in [-0.39, 0.29) is 10.6 Å². The van der Waals surface area contributed by atoms with Crippen LogP contribution in [0.5, 0.6) is 5.75 Å². The first-order chi connectivity index (χ1) is 9.47. The summed E-state index contributed by atoms with van der Waals surface area (Å²) in [6, 6.07) is 13.5. The van der Waals surface area contributed by atoms with Crippen molar-refractivity contribution in [2.45, 2.75) is 18.2 Å². The lowest BCUT2D eigenvalue weighted by Crippen LogP contribution is -2.25. The Morgan fingerprint density at radius 3 is 2.20 bits per heavy atom. The molecule has 0 saturated heterocycles. The van der Waals surface area contributed by atoms with Gasteiger partial charge in [0.25, 0.3) is 0 Å². The number of rotatable bonds is 5. The molecule has 0 heterocycles. The molecule has 2 aromatic carbocycles. The van der Waals surface area contributed by atoms with Crippen molar-refractivity contribution in [3.8, 4) is 5.75 Å². The maximum absolute atomic E-state index is 12.0. The molecular formula is C15H17NO3S. The van der Waals surface area contributed by atoms with Crippen LogP contribution in [-0.2, 0) is 16.4 Å². The Morgan fingerprint density at radius 1 is 1.00 bits per heavy atom. The number of sulfonamides is 1. The summed E-state index contributed by atoms with van der Waals surface area (Å²) in [5.41, 5.74) is 1.99. The van der Waals surface area contributed by atoms with Crippen LogP contribution in [-0.4, -0.2) is 20.1 Å². The number of phenols is 1. The van der Waals surface area contributed by atoms with Crippen LogP contribution in [0.15, 0.2) is 53.4 Å². The fourth-order valence-corrected chi connectivity index (χ4v) is 2.82. The summed E-state index contributed by atoms with van der Waals surface area (Å²) in [5, 5.41) is 9.17. The predicted octanol–water partition coefficient (Wildman–Crippen LogP) is 2.22. The van der Waals surface area contributed by atoms with Gasteiger partial charge in [0.05, 0.1) is 4.90 Å².